The molecule has 3 rings (SSSR count). The standard InChI is InChI=1S/C23H22FN3O2/c1-3-27(19-7-4-6-16(2)14-19)23(29)21-9-5-8-20(26-21)22(28)25-15-17-10-12-18(24)13-11-17/h4-14H,3,15H2,1-2H3,(H,25,28). The van der Waals surface area contributed by atoms with Crippen LogP contribution in [0.15, 0.2) is 66.7 Å². The van der Waals surface area contributed by atoms with Crippen molar-refractivity contribution in [3.63, 3.8) is 0 Å². The van der Waals surface area contributed by atoms with Crippen molar-refractivity contribution in [2.45, 2.75) is 20.4 Å². The number of halogens is 1. The first kappa shape index (κ1) is 20.2. The SMILES string of the molecule is CCN(C(=O)c1cccc(C(=O)NCc2ccc(F)cc2)n1)c1cccc(C)c1. The van der Waals surface area contributed by atoms with Crippen molar-refractivity contribution in [2.24, 2.45) is 0 Å². The third-order valence-corrected chi connectivity index (χ3v) is 4.44. The van der Waals surface area contributed by atoms with Gasteiger partial charge in [0.05, 0.1) is 0 Å². The van der Waals surface area contributed by atoms with E-state index < -0.39 is 5.91 Å². The largest absolute Gasteiger partial charge is 0.347 e. The van der Waals surface area contributed by atoms with Crippen LogP contribution in [0.1, 0.15) is 39.0 Å². The summed E-state index contributed by atoms with van der Waals surface area (Å²) in [6.07, 6.45) is 0. The maximum Gasteiger partial charge on any atom is 0.276 e. The average molecular weight is 391 g/mol. The number of benzene rings is 2. The average Bonchev–Trinajstić information content (AvgIpc) is 2.74. The summed E-state index contributed by atoms with van der Waals surface area (Å²) < 4.78 is 13.0. The van der Waals surface area contributed by atoms with Gasteiger partial charge in [0.15, 0.2) is 0 Å². The minimum absolute atomic E-state index is 0.151. The van der Waals surface area contributed by atoms with E-state index in [1.54, 1.807) is 35.2 Å². The molecule has 0 saturated carbocycles. The molecule has 1 aromatic heterocycles. The van der Waals surface area contributed by atoms with Gasteiger partial charge in [-0.3, -0.25) is 9.59 Å². The molecule has 3 aromatic rings. The molecule has 0 spiro atoms. The molecule has 0 radical (unpaired) electrons. The number of anilines is 1. The highest BCUT2D eigenvalue weighted by Gasteiger charge is 2.19. The highest BCUT2D eigenvalue weighted by atomic mass is 19.1. The van der Waals surface area contributed by atoms with Gasteiger partial charge in [0.1, 0.15) is 17.2 Å². The second-order valence-electron chi connectivity index (χ2n) is 6.61. The predicted molar refractivity (Wildman–Crippen MR) is 110 cm³/mol. The molecule has 148 valence electrons. The van der Waals surface area contributed by atoms with E-state index in [1.807, 2.05) is 38.1 Å². The molecule has 29 heavy (non-hydrogen) atoms. The van der Waals surface area contributed by atoms with Crippen molar-refractivity contribution in [3.8, 4) is 0 Å². The molecule has 5 nitrogen and oxygen atoms in total. The van der Waals surface area contributed by atoms with Gasteiger partial charge in [0.25, 0.3) is 11.8 Å². The van der Waals surface area contributed by atoms with Gasteiger partial charge < -0.3 is 10.2 Å². The molecule has 2 aromatic carbocycles. The molecule has 0 aliphatic heterocycles. The molecular formula is C23H22FN3O2. The zero-order chi connectivity index (χ0) is 20.8. The monoisotopic (exact) mass is 391 g/mol. The quantitative estimate of drug-likeness (QED) is 0.687. The summed E-state index contributed by atoms with van der Waals surface area (Å²) in [4.78, 5) is 31.3. The molecule has 2 amide bonds. The van der Waals surface area contributed by atoms with Gasteiger partial charge in [0.2, 0.25) is 0 Å². The van der Waals surface area contributed by atoms with Crippen LogP contribution in [0.2, 0.25) is 0 Å². The van der Waals surface area contributed by atoms with Gasteiger partial charge in [-0.2, -0.15) is 0 Å². The van der Waals surface area contributed by atoms with Gasteiger partial charge in [-0.15, -0.1) is 0 Å². The van der Waals surface area contributed by atoms with E-state index in [-0.39, 0.29) is 29.7 Å². The van der Waals surface area contributed by atoms with E-state index in [9.17, 15) is 14.0 Å². The predicted octanol–water partition coefficient (Wildman–Crippen LogP) is 4.13. The highest BCUT2D eigenvalue weighted by Crippen LogP contribution is 2.18. The van der Waals surface area contributed by atoms with E-state index in [2.05, 4.69) is 10.3 Å². The number of hydrogen-bond donors (Lipinski definition) is 1. The summed E-state index contributed by atoms with van der Waals surface area (Å²) >= 11 is 0. The first-order valence-electron chi connectivity index (χ1n) is 9.36. The number of carbonyl (C=O) groups is 2. The van der Waals surface area contributed by atoms with Crippen LogP contribution >= 0.6 is 0 Å². The Kier molecular flexibility index (Phi) is 6.34. The number of aromatic nitrogens is 1. The Bertz CT molecular complexity index is 1020. The minimum atomic E-state index is -0.400. The van der Waals surface area contributed by atoms with Gasteiger partial charge >= 0.3 is 0 Å². The van der Waals surface area contributed by atoms with E-state index in [0.717, 1.165) is 16.8 Å². The fourth-order valence-electron chi connectivity index (χ4n) is 2.93. The zero-order valence-corrected chi connectivity index (χ0v) is 16.4. The van der Waals surface area contributed by atoms with Crippen LogP contribution in [-0.4, -0.2) is 23.3 Å². The molecule has 0 fully saturated rings. The number of pyridine rings is 1. The molecule has 0 saturated heterocycles. The first-order chi connectivity index (χ1) is 14.0. The Balaban J connectivity index is 1.74. The molecule has 1 N–H and O–H groups in total. The smallest absolute Gasteiger partial charge is 0.276 e. The maximum absolute atomic E-state index is 13.0. The summed E-state index contributed by atoms with van der Waals surface area (Å²) in [6, 6.07) is 18.3. The Hall–Kier alpha value is -3.54. The Morgan fingerprint density at radius 2 is 1.69 bits per heavy atom. The molecule has 6 heteroatoms. The lowest BCUT2D eigenvalue weighted by molar-refractivity contribution is 0.0945. The van der Waals surface area contributed by atoms with Crippen LogP contribution in [0.5, 0.6) is 0 Å². The van der Waals surface area contributed by atoms with Crippen molar-refractivity contribution in [2.75, 3.05) is 11.4 Å². The van der Waals surface area contributed by atoms with Gasteiger partial charge in [0, 0.05) is 18.8 Å². The number of nitrogens with one attached hydrogen (secondary N) is 1. The van der Waals surface area contributed by atoms with Crippen molar-refractivity contribution in [1.29, 1.82) is 0 Å². The first-order valence-corrected chi connectivity index (χ1v) is 9.36. The maximum atomic E-state index is 13.0. The van der Waals surface area contributed by atoms with Crippen LogP contribution in [0, 0.1) is 12.7 Å². The van der Waals surface area contributed by atoms with Crippen LogP contribution < -0.4 is 10.2 Å². The number of rotatable bonds is 6. The number of aryl methyl sites for hydroxylation is 1. The van der Waals surface area contributed by atoms with E-state index in [4.69, 9.17) is 0 Å². The van der Waals surface area contributed by atoms with Crippen molar-refractivity contribution >= 4 is 17.5 Å². The number of hydrogen-bond acceptors (Lipinski definition) is 3. The molecule has 1 heterocycles. The van der Waals surface area contributed by atoms with Crippen molar-refractivity contribution in [1.82, 2.24) is 10.3 Å². The molecule has 0 atom stereocenters. The number of amides is 2. The lowest BCUT2D eigenvalue weighted by atomic mass is 10.2. The van der Waals surface area contributed by atoms with Gasteiger partial charge in [-0.05, 0) is 61.4 Å². The van der Waals surface area contributed by atoms with Crippen LogP contribution in [0.4, 0.5) is 10.1 Å². The van der Waals surface area contributed by atoms with E-state index >= 15 is 0 Å². The molecule has 0 unspecified atom stereocenters. The summed E-state index contributed by atoms with van der Waals surface area (Å²) in [5, 5.41) is 2.73. The van der Waals surface area contributed by atoms with Crippen molar-refractivity contribution in [3.05, 3.63) is 95.1 Å². The van der Waals surface area contributed by atoms with Crippen molar-refractivity contribution < 1.29 is 14.0 Å². The lowest BCUT2D eigenvalue weighted by Crippen LogP contribution is -2.32. The van der Waals surface area contributed by atoms with Crippen LogP contribution in [0.3, 0.4) is 0 Å². The Morgan fingerprint density at radius 3 is 2.38 bits per heavy atom. The van der Waals surface area contributed by atoms with Gasteiger partial charge in [-0.25, -0.2) is 9.37 Å². The third-order valence-electron chi connectivity index (χ3n) is 4.44. The second kappa shape index (κ2) is 9.10. The van der Waals surface area contributed by atoms with Crippen LogP contribution in [0.25, 0.3) is 0 Å². The third kappa shape index (κ3) is 5.04. The van der Waals surface area contributed by atoms with Crippen LogP contribution in [-0.2, 0) is 6.54 Å². The molecular weight excluding hydrogens is 369 g/mol. The van der Waals surface area contributed by atoms with E-state index in [0.29, 0.717) is 6.54 Å². The van der Waals surface area contributed by atoms with E-state index in [1.165, 1.54) is 12.1 Å². The number of nitrogens with zero attached hydrogens (tertiary/aromatic N) is 2. The fraction of sp³-hybridized carbons (Fsp3) is 0.174. The molecule has 0 aliphatic rings. The molecule has 0 aliphatic carbocycles. The zero-order valence-electron chi connectivity index (χ0n) is 16.4. The summed E-state index contributed by atoms with van der Waals surface area (Å²) in [5.74, 6) is -1.00. The lowest BCUT2D eigenvalue weighted by Gasteiger charge is -2.21. The minimum Gasteiger partial charge on any atom is -0.347 e. The normalized spacial score (nSPS) is 10.4. The second-order valence-corrected chi connectivity index (χ2v) is 6.61. The fourth-order valence-corrected chi connectivity index (χ4v) is 2.93. The topological polar surface area (TPSA) is 62.3 Å². The summed E-state index contributed by atoms with van der Waals surface area (Å²) in [6.45, 7) is 4.57. The Labute approximate surface area is 169 Å². The van der Waals surface area contributed by atoms with Gasteiger partial charge in [-0.1, -0.05) is 30.3 Å². The molecule has 0 bridgehead atoms. The summed E-state index contributed by atoms with van der Waals surface area (Å²) in [7, 11) is 0. The summed E-state index contributed by atoms with van der Waals surface area (Å²) in [5.41, 5.74) is 2.95. The highest BCUT2D eigenvalue weighted by molar-refractivity contribution is 6.05. The Morgan fingerprint density at radius 1 is 1.00 bits per heavy atom. The number of carbonyl (C=O) groups excluding carboxylic acids is 2.